The fraction of sp³-hybridized carbons (Fsp3) is 0.474. The van der Waals surface area contributed by atoms with E-state index < -0.39 is 17.4 Å². The topological polar surface area (TPSA) is 105 Å². The molecular formula is C19H23N3O4. The maximum Gasteiger partial charge on any atom is 0.308 e. The molecule has 0 saturated heterocycles. The van der Waals surface area contributed by atoms with E-state index in [-0.39, 0.29) is 12.3 Å². The van der Waals surface area contributed by atoms with E-state index in [2.05, 4.69) is 15.5 Å². The van der Waals surface area contributed by atoms with Crippen molar-refractivity contribution >= 4 is 11.9 Å². The highest BCUT2D eigenvalue weighted by molar-refractivity contribution is 5.79. The van der Waals surface area contributed by atoms with Crippen LogP contribution >= 0.6 is 0 Å². The van der Waals surface area contributed by atoms with E-state index >= 15 is 0 Å². The fourth-order valence-electron chi connectivity index (χ4n) is 3.53. The van der Waals surface area contributed by atoms with Crippen molar-refractivity contribution in [2.75, 3.05) is 0 Å². The van der Waals surface area contributed by atoms with Gasteiger partial charge in [0.15, 0.2) is 0 Å². The molecule has 0 spiro atoms. The molecule has 0 bridgehead atoms. The van der Waals surface area contributed by atoms with Gasteiger partial charge in [-0.25, -0.2) is 0 Å². The second kappa shape index (κ2) is 7.68. The van der Waals surface area contributed by atoms with Gasteiger partial charge in [-0.3, -0.25) is 9.59 Å². The summed E-state index contributed by atoms with van der Waals surface area (Å²) in [4.78, 5) is 23.8. The van der Waals surface area contributed by atoms with E-state index in [1.807, 2.05) is 37.3 Å². The minimum atomic E-state index is -0.850. The molecule has 0 radical (unpaired) electrons. The number of nitrogens with zero attached hydrogens (tertiary/aromatic N) is 2. The first-order chi connectivity index (χ1) is 12.5. The number of carbonyl (C=O) groups excluding carboxylic acids is 1. The molecule has 3 rings (SSSR count). The third-order valence-corrected chi connectivity index (χ3v) is 4.98. The highest BCUT2D eigenvalue weighted by atomic mass is 16.4. The molecule has 138 valence electrons. The Kier molecular flexibility index (Phi) is 5.35. The van der Waals surface area contributed by atoms with Crippen molar-refractivity contribution in [3.63, 3.8) is 0 Å². The number of rotatable bonds is 6. The van der Waals surface area contributed by atoms with Crippen LogP contribution in [-0.4, -0.2) is 32.7 Å². The predicted molar refractivity (Wildman–Crippen MR) is 94.2 cm³/mol. The van der Waals surface area contributed by atoms with Crippen LogP contribution in [0.3, 0.4) is 0 Å². The first-order valence-electron chi connectivity index (χ1n) is 8.89. The summed E-state index contributed by atoms with van der Waals surface area (Å²) in [6.45, 7) is 1.82. The monoisotopic (exact) mass is 357 g/mol. The van der Waals surface area contributed by atoms with Crippen molar-refractivity contribution in [1.82, 2.24) is 15.5 Å². The van der Waals surface area contributed by atoms with Gasteiger partial charge in [-0.15, -0.1) is 10.2 Å². The van der Waals surface area contributed by atoms with E-state index in [9.17, 15) is 14.7 Å². The Bertz CT molecular complexity index is 774. The first-order valence-corrected chi connectivity index (χ1v) is 8.89. The molecule has 1 aromatic heterocycles. The van der Waals surface area contributed by atoms with Crippen molar-refractivity contribution in [2.45, 2.75) is 51.0 Å². The number of amides is 1. The molecule has 1 aliphatic rings. The Morgan fingerprint density at radius 1 is 1.27 bits per heavy atom. The molecular weight excluding hydrogens is 334 g/mol. The summed E-state index contributed by atoms with van der Waals surface area (Å²) in [7, 11) is 0. The number of aromatic nitrogens is 2. The zero-order valence-corrected chi connectivity index (χ0v) is 14.8. The normalized spacial score (nSPS) is 22.7. The van der Waals surface area contributed by atoms with Gasteiger partial charge in [0.25, 0.3) is 0 Å². The number of hydrogen-bond acceptors (Lipinski definition) is 5. The molecule has 1 heterocycles. The average molecular weight is 357 g/mol. The van der Waals surface area contributed by atoms with Gasteiger partial charge in [0.1, 0.15) is 0 Å². The molecule has 1 aromatic carbocycles. The molecule has 7 heteroatoms. The molecule has 2 aromatic rings. The van der Waals surface area contributed by atoms with Crippen LogP contribution in [0.4, 0.5) is 0 Å². The van der Waals surface area contributed by atoms with Crippen LogP contribution in [0.5, 0.6) is 0 Å². The predicted octanol–water partition coefficient (Wildman–Crippen LogP) is 2.82. The number of benzene rings is 1. The Balaban J connectivity index is 1.57. The van der Waals surface area contributed by atoms with Crippen LogP contribution in [0.1, 0.15) is 44.9 Å². The number of carboxylic acids is 1. The maximum atomic E-state index is 12.3. The quantitative estimate of drug-likeness (QED) is 0.823. The number of carboxylic acid groups (broad SMARTS) is 1. The minimum absolute atomic E-state index is 0.179. The standard InChI is InChI=1S/C19H23N3O4/c1-19(12-6-5-9-14(19)18(24)25)20-15(23)10-11-16-21-22-17(26-16)13-7-3-2-4-8-13/h2-4,7-8,14H,5-6,9-12H2,1H3,(H,20,23)(H,24,25). The highest BCUT2D eigenvalue weighted by Crippen LogP contribution is 2.34. The number of aliphatic carboxylic acids is 1. The number of carbonyl (C=O) groups is 2. The number of hydrogen-bond donors (Lipinski definition) is 2. The Morgan fingerprint density at radius 2 is 2.04 bits per heavy atom. The molecule has 1 saturated carbocycles. The molecule has 2 unspecified atom stereocenters. The van der Waals surface area contributed by atoms with Gasteiger partial charge < -0.3 is 14.8 Å². The minimum Gasteiger partial charge on any atom is -0.481 e. The van der Waals surface area contributed by atoms with Crippen LogP contribution in [0.15, 0.2) is 34.7 Å². The van der Waals surface area contributed by atoms with Crippen molar-refractivity contribution < 1.29 is 19.1 Å². The lowest BCUT2D eigenvalue weighted by molar-refractivity contribution is -0.146. The molecule has 1 aliphatic carbocycles. The Morgan fingerprint density at radius 3 is 2.77 bits per heavy atom. The summed E-state index contributed by atoms with van der Waals surface area (Å²) in [5.74, 6) is -0.779. The van der Waals surface area contributed by atoms with E-state index in [1.165, 1.54) is 0 Å². The summed E-state index contributed by atoms with van der Waals surface area (Å²) in [5.41, 5.74) is 0.125. The van der Waals surface area contributed by atoms with E-state index in [0.29, 0.717) is 31.0 Å². The third kappa shape index (κ3) is 4.09. The lowest BCUT2D eigenvalue weighted by Gasteiger charge is -2.39. The molecule has 7 nitrogen and oxygen atoms in total. The van der Waals surface area contributed by atoms with Gasteiger partial charge >= 0.3 is 5.97 Å². The second-order valence-electron chi connectivity index (χ2n) is 6.97. The van der Waals surface area contributed by atoms with Gasteiger partial charge in [0, 0.05) is 18.4 Å². The van der Waals surface area contributed by atoms with E-state index in [1.54, 1.807) is 0 Å². The van der Waals surface area contributed by atoms with Crippen molar-refractivity contribution in [1.29, 1.82) is 0 Å². The number of nitrogens with one attached hydrogen (secondary N) is 1. The van der Waals surface area contributed by atoms with E-state index in [4.69, 9.17) is 4.42 Å². The zero-order valence-electron chi connectivity index (χ0n) is 14.8. The lowest BCUT2D eigenvalue weighted by atomic mass is 9.74. The summed E-state index contributed by atoms with van der Waals surface area (Å²) in [6, 6.07) is 9.42. The summed E-state index contributed by atoms with van der Waals surface area (Å²) in [6.07, 6.45) is 3.57. The van der Waals surface area contributed by atoms with Gasteiger partial charge in [-0.05, 0) is 31.9 Å². The van der Waals surface area contributed by atoms with Crippen LogP contribution in [0, 0.1) is 5.92 Å². The van der Waals surface area contributed by atoms with Gasteiger partial charge in [-0.2, -0.15) is 0 Å². The van der Waals surface area contributed by atoms with Crippen LogP contribution in [0.2, 0.25) is 0 Å². The van der Waals surface area contributed by atoms with Crippen LogP contribution < -0.4 is 5.32 Å². The Labute approximate surface area is 151 Å². The highest BCUT2D eigenvalue weighted by Gasteiger charge is 2.42. The van der Waals surface area contributed by atoms with Crippen molar-refractivity contribution in [3.8, 4) is 11.5 Å². The molecule has 1 fully saturated rings. The summed E-state index contributed by atoms with van der Waals surface area (Å²) >= 11 is 0. The molecule has 2 atom stereocenters. The Hall–Kier alpha value is -2.70. The second-order valence-corrected chi connectivity index (χ2v) is 6.97. The fourth-order valence-corrected chi connectivity index (χ4v) is 3.53. The van der Waals surface area contributed by atoms with Gasteiger partial charge in [0.05, 0.1) is 11.5 Å². The van der Waals surface area contributed by atoms with Crippen molar-refractivity contribution in [3.05, 3.63) is 36.2 Å². The first kappa shape index (κ1) is 18.1. The third-order valence-electron chi connectivity index (χ3n) is 4.98. The van der Waals surface area contributed by atoms with E-state index in [0.717, 1.165) is 18.4 Å². The lowest BCUT2D eigenvalue weighted by Crippen LogP contribution is -2.55. The van der Waals surface area contributed by atoms with Gasteiger partial charge in [-0.1, -0.05) is 31.0 Å². The number of aryl methyl sites for hydroxylation is 1. The maximum absolute atomic E-state index is 12.3. The molecule has 1 amide bonds. The van der Waals surface area contributed by atoms with Crippen LogP contribution in [0.25, 0.3) is 11.5 Å². The average Bonchev–Trinajstić information content (AvgIpc) is 3.09. The SMILES string of the molecule is CC1(NC(=O)CCc2nnc(-c3ccccc3)o2)CCCCC1C(=O)O. The summed E-state index contributed by atoms with van der Waals surface area (Å²) in [5, 5.41) is 20.3. The van der Waals surface area contributed by atoms with Crippen molar-refractivity contribution in [2.24, 2.45) is 5.92 Å². The van der Waals surface area contributed by atoms with Gasteiger partial charge in [0.2, 0.25) is 17.7 Å². The molecule has 26 heavy (non-hydrogen) atoms. The molecule has 2 N–H and O–H groups in total. The molecule has 0 aliphatic heterocycles. The largest absolute Gasteiger partial charge is 0.481 e. The van der Waals surface area contributed by atoms with Crippen LogP contribution in [-0.2, 0) is 16.0 Å². The summed E-state index contributed by atoms with van der Waals surface area (Å²) < 4.78 is 5.60. The zero-order chi connectivity index (χ0) is 18.6. The smallest absolute Gasteiger partial charge is 0.308 e.